The molecular weight excluding hydrogens is 294 g/mol. The Labute approximate surface area is 135 Å². The lowest BCUT2D eigenvalue weighted by Gasteiger charge is -2.38. The summed E-state index contributed by atoms with van der Waals surface area (Å²) in [4.78, 5) is 17.0. The standard InChI is InChI=1S/C17H23N3OS/c1-17(2)9-5-10-18-15(17)16(21)19-11-8-14-20-12-6-3-4-7-13(12)22-14/h3-4,6-7,15,18H,5,8-11H2,1-2H3,(H,19,21). The van der Waals surface area contributed by atoms with Crippen molar-refractivity contribution in [1.29, 1.82) is 0 Å². The van der Waals surface area contributed by atoms with Gasteiger partial charge in [-0.2, -0.15) is 0 Å². The van der Waals surface area contributed by atoms with E-state index >= 15 is 0 Å². The molecule has 118 valence electrons. The minimum Gasteiger partial charge on any atom is -0.354 e. The zero-order valence-electron chi connectivity index (χ0n) is 13.2. The number of nitrogens with one attached hydrogen (secondary N) is 2. The van der Waals surface area contributed by atoms with Gasteiger partial charge in [0.25, 0.3) is 0 Å². The highest BCUT2D eigenvalue weighted by Gasteiger charge is 2.36. The maximum Gasteiger partial charge on any atom is 0.237 e. The summed E-state index contributed by atoms with van der Waals surface area (Å²) in [5, 5.41) is 7.50. The summed E-state index contributed by atoms with van der Waals surface area (Å²) >= 11 is 1.71. The summed E-state index contributed by atoms with van der Waals surface area (Å²) in [6.45, 7) is 5.90. The van der Waals surface area contributed by atoms with Gasteiger partial charge >= 0.3 is 0 Å². The maximum absolute atomic E-state index is 12.4. The molecule has 1 aliphatic heterocycles. The van der Waals surface area contributed by atoms with Crippen LogP contribution in [0.1, 0.15) is 31.7 Å². The molecule has 2 heterocycles. The van der Waals surface area contributed by atoms with E-state index in [1.165, 1.54) is 4.70 Å². The van der Waals surface area contributed by atoms with Crippen LogP contribution in [0.2, 0.25) is 0 Å². The number of benzene rings is 1. The largest absolute Gasteiger partial charge is 0.354 e. The van der Waals surface area contributed by atoms with Crippen LogP contribution in [0.5, 0.6) is 0 Å². The number of carbonyl (C=O) groups is 1. The van der Waals surface area contributed by atoms with Crippen LogP contribution in [0.4, 0.5) is 0 Å². The second kappa shape index (κ2) is 6.34. The molecule has 0 saturated carbocycles. The van der Waals surface area contributed by atoms with Gasteiger partial charge in [0, 0.05) is 13.0 Å². The van der Waals surface area contributed by atoms with Gasteiger partial charge in [-0.3, -0.25) is 4.79 Å². The molecule has 5 heteroatoms. The van der Waals surface area contributed by atoms with Gasteiger partial charge in [-0.05, 0) is 36.9 Å². The number of hydrogen-bond donors (Lipinski definition) is 2. The van der Waals surface area contributed by atoms with E-state index in [0.717, 1.165) is 36.3 Å². The normalized spacial score (nSPS) is 20.9. The smallest absolute Gasteiger partial charge is 0.237 e. The van der Waals surface area contributed by atoms with Crippen molar-refractivity contribution in [3.05, 3.63) is 29.3 Å². The Morgan fingerprint density at radius 2 is 2.27 bits per heavy atom. The van der Waals surface area contributed by atoms with Gasteiger partial charge in [-0.25, -0.2) is 4.98 Å². The second-order valence-electron chi connectivity index (χ2n) is 6.60. The van der Waals surface area contributed by atoms with E-state index in [1.54, 1.807) is 11.3 Å². The van der Waals surface area contributed by atoms with E-state index in [1.807, 2.05) is 18.2 Å². The van der Waals surface area contributed by atoms with Gasteiger partial charge in [0.2, 0.25) is 5.91 Å². The van der Waals surface area contributed by atoms with Crippen molar-refractivity contribution < 1.29 is 4.79 Å². The number of para-hydroxylation sites is 1. The van der Waals surface area contributed by atoms with Crippen molar-refractivity contribution in [2.75, 3.05) is 13.1 Å². The average Bonchev–Trinajstić information content (AvgIpc) is 2.89. The molecule has 2 aromatic rings. The van der Waals surface area contributed by atoms with Gasteiger partial charge in [-0.1, -0.05) is 26.0 Å². The summed E-state index contributed by atoms with van der Waals surface area (Å²) < 4.78 is 1.21. The number of amides is 1. The minimum absolute atomic E-state index is 0.0260. The van der Waals surface area contributed by atoms with E-state index < -0.39 is 0 Å². The Hall–Kier alpha value is -1.46. The van der Waals surface area contributed by atoms with Crippen LogP contribution in [-0.4, -0.2) is 30.0 Å². The third-order valence-electron chi connectivity index (χ3n) is 4.37. The van der Waals surface area contributed by atoms with Gasteiger partial charge < -0.3 is 10.6 Å². The first-order valence-corrected chi connectivity index (χ1v) is 8.73. The van der Waals surface area contributed by atoms with Crippen LogP contribution in [0.25, 0.3) is 10.2 Å². The molecule has 3 rings (SSSR count). The van der Waals surface area contributed by atoms with Crippen LogP contribution in [0, 0.1) is 5.41 Å². The van der Waals surface area contributed by atoms with Gasteiger partial charge in [0.05, 0.1) is 21.3 Å². The topological polar surface area (TPSA) is 54.0 Å². The third kappa shape index (κ3) is 3.31. The van der Waals surface area contributed by atoms with Crippen molar-refractivity contribution in [2.24, 2.45) is 5.41 Å². The number of carbonyl (C=O) groups excluding carboxylic acids is 1. The Morgan fingerprint density at radius 1 is 1.45 bits per heavy atom. The molecule has 4 nitrogen and oxygen atoms in total. The van der Waals surface area contributed by atoms with E-state index in [0.29, 0.717) is 6.54 Å². The number of aromatic nitrogens is 1. The molecule has 2 N–H and O–H groups in total. The second-order valence-corrected chi connectivity index (χ2v) is 7.71. The first-order chi connectivity index (χ1) is 10.6. The maximum atomic E-state index is 12.4. The van der Waals surface area contributed by atoms with E-state index in [2.05, 4.69) is 35.5 Å². The fourth-order valence-electron chi connectivity index (χ4n) is 3.08. The number of hydrogen-bond acceptors (Lipinski definition) is 4. The fourth-order valence-corrected chi connectivity index (χ4v) is 4.05. The van der Waals surface area contributed by atoms with Gasteiger partial charge in [-0.15, -0.1) is 11.3 Å². The fraction of sp³-hybridized carbons (Fsp3) is 0.529. The van der Waals surface area contributed by atoms with Crippen LogP contribution < -0.4 is 10.6 Å². The van der Waals surface area contributed by atoms with Crippen LogP contribution >= 0.6 is 11.3 Å². The van der Waals surface area contributed by atoms with Crippen molar-refractivity contribution in [3.8, 4) is 0 Å². The summed E-state index contributed by atoms with van der Waals surface area (Å²) in [7, 11) is 0. The SMILES string of the molecule is CC1(C)CCCNC1C(=O)NCCc1nc2ccccc2s1. The Bertz CT molecular complexity index is 632. The predicted octanol–water partition coefficient (Wildman–Crippen LogP) is 2.73. The molecule has 0 aliphatic carbocycles. The lowest BCUT2D eigenvalue weighted by Crippen LogP contribution is -2.55. The molecule has 0 spiro atoms. The number of thiazole rings is 1. The molecule has 0 bridgehead atoms. The summed E-state index contributed by atoms with van der Waals surface area (Å²) in [6, 6.07) is 8.07. The number of rotatable bonds is 4. The molecular formula is C17H23N3OS. The number of piperidine rings is 1. The molecule has 1 aromatic carbocycles. The molecule has 1 aliphatic rings. The Morgan fingerprint density at radius 3 is 3.05 bits per heavy atom. The van der Waals surface area contributed by atoms with Crippen molar-refractivity contribution >= 4 is 27.5 Å². The molecule has 1 atom stereocenters. The average molecular weight is 317 g/mol. The lowest BCUT2D eigenvalue weighted by atomic mass is 9.77. The number of fused-ring (bicyclic) bond motifs is 1. The van der Waals surface area contributed by atoms with E-state index in [-0.39, 0.29) is 17.4 Å². The monoisotopic (exact) mass is 317 g/mol. The molecule has 0 radical (unpaired) electrons. The highest BCUT2D eigenvalue weighted by Crippen LogP contribution is 2.30. The highest BCUT2D eigenvalue weighted by molar-refractivity contribution is 7.18. The first kappa shape index (κ1) is 15.4. The predicted molar refractivity (Wildman–Crippen MR) is 91.1 cm³/mol. The minimum atomic E-state index is -0.0865. The number of nitrogens with zero attached hydrogens (tertiary/aromatic N) is 1. The lowest BCUT2D eigenvalue weighted by molar-refractivity contribution is -0.126. The van der Waals surface area contributed by atoms with Crippen molar-refractivity contribution in [2.45, 2.75) is 39.2 Å². The molecule has 1 fully saturated rings. The zero-order valence-corrected chi connectivity index (χ0v) is 14.0. The molecule has 1 aromatic heterocycles. The zero-order chi connectivity index (χ0) is 15.6. The van der Waals surface area contributed by atoms with E-state index in [9.17, 15) is 4.79 Å². The van der Waals surface area contributed by atoms with Crippen LogP contribution in [0.15, 0.2) is 24.3 Å². The van der Waals surface area contributed by atoms with Gasteiger partial charge in [0.15, 0.2) is 0 Å². The van der Waals surface area contributed by atoms with Gasteiger partial charge in [0.1, 0.15) is 0 Å². The van der Waals surface area contributed by atoms with E-state index in [4.69, 9.17) is 0 Å². The Balaban J connectivity index is 1.55. The Kier molecular flexibility index (Phi) is 4.45. The third-order valence-corrected chi connectivity index (χ3v) is 5.46. The molecule has 1 unspecified atom stereocenters. The summed E-state index contributed by atoms with van der Waals surface area (Å²) in [6.07, 6.45) is 3.02. The highest BCUT2D eigenvalue weighted by atomic mass is 32.1. The van der Waals surface area contributed by atoms with Crippen molar-refractivity contribution in [1.82, 2.24) is 15.6 Å². The summed E-state index contributed by atoms with van der Waals surface area (Å²) in [5.41, 5.74) is 1.07. The summed E-state index contributed by atoms with van der Waals surface area (Å²) in [5.74, 6) is 0.116. The van der Waals surface area contributed by atoms with Crippen LogP contribution in [0.3, 0.4) is 0 Å². The molecule has 1 saturated heterocycles. The first-order valence-electron chi connectivity index (χ1n) is 7.92. The molecule has 22 heavy (non-hydrogen) atoms. The molecule has 1 amide bonds. The quantitative estimate of drug-likeness (QED) is 0.911. The van der Waals surface area contributed by atoms with Crippen molar-refractivity contribution in [3.63, 3.8) is 0 Å². The van der Waals surface area contributed by atoms with Crippen LogP contribution in [-0.2, 0) is 11.2 Å².